The molecule has 0 aliphatic rings. The van der Waals surface area contributed by atoms with Crippen LogP contribution in [0.1, 0.15) is 5.56 Å². The average Bonchev–Trinajstić information content (AvgIpc) is 2.55. The molecule has 0 bridgehead atoms. The Morgan fingerprint density at radius 1 is 1.04 bits per heavy atom. The second kappa shape index (κ2) is 7.48. The SMILES string of the molecule is COc1ccc(S(=O)(=O)N(C)CCOc2cccc(C)c2)cc1. The molecule has 0 N–H and O–H groups in total. The first-order valence-corrected chi connectivity index (χ1v) is 8.67. The molecule has 5 nitrogen and oxygen atoms in total. The molecule has 2 rings (SSSR count). The van der Waals surface area contributed by atoms with Gasteiger partial charge in [-0.3, -0.25) is 0 Å². The first kappa shape index (κ1) is 17.3. The number of aryl methyl sites for hydroxylation is 1. The molecule has 2 aromatic rings. The summed E-state index contributed by atoms with van der Waals surface area (Å²) in [5.41, 5.74) is 1.10. The fourth-order valence-electron chi connectivity index (χ4n) is 2.04. The van der Waals surface area contributed by atoms with Gasteiger partial charge in [0.2, 0.25) is 10.0 Å². The summed E-state index contributed by atoms with van der Waals surface area (Å²) >= 11 is 0. The van der Waals surface area contributed by atoms with Crippen LogP contribution in [-0.4, -0.2) is 40.0 Å². The van der Waals surface area contributed by atoms with Crippen molar-refractivity contribution in [2.24, 2.45) is 0 Å². The lowest BCUT2D eigenvalue weighted by Gasteiger charge is -2.17. The summed E-state index contributed by atoms with van der Waals surface area (Å²) in [4.78, 5) is 0.233. The van der Waals surface area contributed by atoms with Crippen LogP contribution in [-0.2, 0) is 10.0 Å². The van der Waals surface area contributed by atoms with Gasteiger partial charge >= 0.3 is 0 Å². The van der Waals surface area contributed by atoms with Crippen LogP contribution >= 0.6 is 0 Å². The van der Waals surface area contributed by atoms with E-state index < -0.39 is 10.0 Å². The number of methoxy groups -OCH3 is 1. The maximum atomic E-state index is 12.5. The van der Waals surface area contributed by atoms with Gasteiger partial charge in [0.05, 0.1) is 12.0 Å². The fraction of sp³-hybridized carbons (Fsp3) is 0.294. The van der Waals surface area contributed by atoms with Crippen LogP contribution in [0.5, 0.6) is 11.5 Å². The van der Waals surface area contributed by atoms with Crippen molar-refractivity contribution in [2.75, 3.05) is 27.3 Å². The van der Waals surface area contributed by atoms with E-state index in [9.17, 15) is 8.42 Å². The first-order chi connectivity index (χ1) is 10.9. The standard InChI is InChI=1S/C17H21NO4S/c1-14-5-4-6-16(13-14)22-12-11-18(2)23(19,20)17-9-7-15(21-3)8-10-17/h4-10,13H,11-12H2,1-3H3. The quantitative estimate of drug-likeness (QED) is 0.781. The van der Waals surface area contributed by atoms with Gasteiger partial charge in [0.15, 0.2) is 0 Å². The first-order valence-electron chi connectivity index (χ1n) is 7.23. The van der Waals surface area contributed by atoms with Gasteiger partial charge in [0.25, 0.3) is 0 Å². The molecule has 0 radical (unpaired) electrons. The predicted octanol–water partition coefficient (Wildman–Crippen LogP) is 2.70. The van der Waals surface area contributed by atoms with E-state index in [1.165, 1.54) is 23.5 Å². The highest BCUT2D eigenvalue weighted by molar-refractivity contribution is 7.89. The molecule has 2 aromatic carbocycles. The van der Waals surface area contributed by atoms with Crippen LogP contribution < -0.4 is 9.47 Å². The van der Waals surface area contributed by atoms with Gasteiger partial charge in [0.1, 0.15) is 18.1 Å². The highest BCUT2D eigenvalue weighted by Crippen LogP contribution is 2.18. The molecule has 23 heavy (non-hydrogen) atoms. The van der Waals surface area contributed by atoms with Gasteiger partial charge in [-0.25, -0.2) is 8.42 Å². The van der Waals surface area contributed by atoms with Crippen LogP contribution in [0, 0.1) is 6.92 Å². The van der Waals surface area contributed by atoms with Crippen LogP contribution in [0.2, 0.25) is 0 Å². The van der Waals surface area contributed by atoms with Gasteiger partial charge in [0, 0.05) is 13.6 Å². The van der Waals surface area contributed by atoms with Crippen LogP contribution in [0.3, 0.4) is 0 Å². The van der Waals surface area contributed by atoms with Crippen molar-refractivity contribution < 1.29 is 17.9 Å². The Labute approximate surface area is 137 Å². The average molecular weight is 335 g/mol. The zero-order chi connectivity index (χ0) is 16.9. The minimum atomic E-state index is -3.53. The second-order valence-electron chi connectivity index (χ2n) is 5.17. The summed E-state index contributed by atoms with van der Waals surface area (Å²) in [5.74, 6) is 1.36. The lowest BCUT2D eigenvalue weighted by atomic mass is 10.2. The Balaban J connectivity index is 1.96. The largest absolute Gasteiger partial charge is 0.497 e. The monoisotopic (exact) mass is 335 g/mol. The lowest BCUT2D eigenvalue weighted by Crippen LogP contribution is -2.31. The Kier molecular flexibility index (Phi) is 5.63. The highest BCUT2D eigenvalue weighted by Gasteiger charge is 2.20. The summed E-state index contributed by atoms with van der Waals surface area (Å²) < 4.78 is 36.8. The van der Waals surface area contributed by atoms with Crippen molar-refractivity contribution >= 4 is 10.0 Å². The van der Waals surface area contributed by atoms with Gasteiger partial charge in [-0.1, -0.05) is 12.1 Å². The molecule has 0 unspecified atom stereocenters. The number of hydrogen-bond donors (Lipinski definition) is 0. The van der Waals surface area contributed by atoms with E-state index in [-0.39, 0.29) is 18.0 Å². The van der Waals surface area contributed by atoms with E-state index in [4.69, 9.17) is 9.47 Å². The van der Waals surface area contributed by atoms with Crippen LogP contribution in [0.4, 0.5) is 0 Å². The Hall–Kier alpha value is -2.05. The van der Waals surface area contributed by atoms with E-state index in [1.54, 1.807) is 19.2 Å². The third-order valence-corrected chi connectivity index (χ3v) is 5.30. The number of sulfonamides is 1. The number of likely N-dealkylation sites (N-methyl/N-ethyl adjacent to an activating group) is 1. The number of hydrogen-bond acceptors (Lipinski definition) is 4. The summed E-state index contributed by atoms with van der Waals surface area (Å²) in [7, 11) is -0.448. The van der Waals surface area contributed by atoms with Crippen molar-refractivity contribution in [1.82, 2.24) is 4.31 Å². The molecule has 124 valence electrons. The predicted molar refractivity (Wildman–Crippen MR) is 89.5 cm³/mol. The van der Waals surface area contributed by atoms with Gasteiger partial charge < -0.3 is 9.47 Å². The zero-order valence-electron chi connectivity index (χ0n) is 13.5. The van der Waals surface area contributed by atoms with E-state index in [0.29, 0.717) is 5.75 Å². The normalized spacial score (nSPS) is 11.5. The highest BCUT2D eigenvalue weighted by atomic mass is 32.2. The maximum Gasteiger partial charge on any atom is 0.242 e. The number of ether oxygens (including phenoxy) is 2. The van der Waals surface area contributed by atoms with Crippen LogP contribution in [0.15, 0.2) is 53.4 Å². The third kappa shape index (κ3) is 4.46. The van der Waals surface area contributed by atoms with E-state index in [1.807, 2.05) is 31.2 Å². The second-order valence-corrected chi connectivity index (χ2v) is 7.21. The van der Waals surface area contributed by atoms with Crippen LogP contribution in [0.25, 0.3) is 0 Å². The molecule has 0 spiro atoms. The molecular weight excluding hydrogens is 314 g/mol. The van der Waals surface area contributed by atoms with E-state index in [2.05, 4.69) is 0 Å². The Morgan fingerprint density at radius 3 is 2.35 bits per heavy atom. The lowest BCUT2D eigenvalue weighted by molar-refractivity contribution is 0.286. The van der Waals surface area contributed by atoms with Gasteiger partial charge in [-0.2, -0.15) is 4.31 Å². The molecule has 0 fully saturated rings. The summed E-state index contributed by atoms with van der Waals surface area (Å²) in [6, 6.07) is 14.0. The summed E-state index contributed by atoms with van der Waals surface area (Å²) in [6.45, 7) is 2.53. The topological polar surface area (TPSA) is 55.8 Å². The fourth-order valence-corrected chi connectivity index (χ4v) is 3.20. The van der Waals surface area contributed by atoms with Crippen molar-refractivity contribution in [3.8, 4) is 11.5 Å². The smallest absolute Gasteiger partial charge is 0.242 e. The van der Waals surface area contributed by atoms with E-state index >= 15 is 0 Å². The van der Waals surface area contributed by atoms with Crippen molar-refractivity contribution in [1.29, 1.82) is 0 Å². The minimum absolute atomic E-state index is 0.233. The van der Waals surface area contributed by atoms with Crippen molar-refractivity contribution in [3.63, 3.8) is 0 Å². The molecule has 0 heterocycles. The third-order valence-electron chi connectivity index (χ3n) is 3.43. The Morgan fingerprint density at radius 2 is 1.74 bits per heavy atom. The molecule has 0 atom stereocenters. The molecule has 6 heteroatoms. The van der Waals surface area contributed by atoms with Crippen molar-refractivity contribution in [3.05, 3.63) is 54.1 Å². The van der Waals surface area contributed by atoms with Crippen molar-refractivity contribution in [2.45, 2.75) is 11.8 Å². The molecule has 0 saturated heterocycles. The molecule has 0 saturated carbocycles. The Bertz CT molecular complexity index is 741. The molecular formula is C17H21NO4S. The summed E-state index contributed by atoms with van der Waals surface area (Å²) in [6.07, 6.45) is 0. The molecule has 0 aliphatic heterocycles. The molecule has 0 amide bonds. The molecule has 0 aromatic heterocycles. The maximum absolute atomic E-state index is 12.5. The number of nitrogens with zero attached hydrogens (tertiary/aromatic N) is 1. The van der Waals surface area contributed by atoms with Gasteiger partial charge in [-0.05, 0) is 48.9 Å². The number of rotatable bonds is 7. The number of benzene rings is 2. The molecule has 0 aliphatic carbocycles. The van der Waals surface area contributed by atoms with Gasteiger partial charge in [-0.15, -0.1) is 0 Å². The summed E-state index contributed by atoms with van der Waals surface area (Å²) in [5, 5.41) is 0. The zero-order valence-corrected chi connectivity index (χ0v) is 14.3. The van der Waals surface area contributed by atoms with E-state index in [0.717, 1.165) is 11.3 Å². The minimum Gasteiger partial charge on any atom is -0.497 e.